The fraction of sp³-hybridized carbons (Fsp3) is 0.513. The first kappa shape index (κ1) is 83.5. The van der Waals surface area contributed by atoms with Crippen LogP contribution in [-0.4, -0.2) is 173 Å². The fourth-order valence-corrected chi connectivity index (χ4v) is 16.4. The van der Waals surface area contributed by atoms with E-state index in [9.17, 15) is 78.7 Å². The zero-order valence-corrected chi connectivity index (χ0v) is 64.6. The maximum absolute atomic E-state index is 14.5. The number of allylic oxidation sites excluding steroid dienone is 2. The van der Waals surface area contributed by atoms with Crippen LogP contribution in [0, 0.1) is 23.5 Å². The number of primary sulfonamides is 1. The first-order chi connectivity index (χ1) is 52.4. The molecule has 6 heterocycles. The molecule has 4 fully saturated rings. The largest absolute Gasteiger partial charge is 0.479 e. The summed E-state index contributed by atoms with van der Waals surface area (Å²) in [5.41, 5.74) is -1.48. The number of aliphatic carboxylic acids is 1. The number of benzene rings is 4. The highest BCUT2D eigenvalue weighted by Crippen LogP contribution is 2.47. The summed E-state index contributed by atoms with van der Waals surface area (Å²) in [7, 11) is -7.54. The van der Waals surface area contributed by atoms with Crippen molar-refractivity contribution < 1.29 is 97.6 Å². The third-order valence-electron chi connectivity index (χ3n) is 20.2. The molecular weight excluding hydrogens is 1480 g/mol. The molecule has 4 aromatic carbocycles. The topological polar surface area (TPSA) is 395 Å². The van der Waals surface area contributed by atoms with E-state index in [0.29, 0.717) is 53.5 Å². The predicted molar refractivity (Wildman–Crippen MR) is 399 cm³/mol. The van der Waals surface area contributed by atoms with Gasteiger partial charge in [0, 0.05) is 48.9 Å². The van der Waals surface area contributed by atoms with Crippen LogP contribution in [0.3, 0.4) is 0 Å². The van der Waals surface area contributed by atoms with E-state index in [1.807, 2.05) is 24.3 Å². The average molecular weight is 1580 g/mol. The maximum Gasteiger partial charge on any atom is 0.410 e. The van der Waals surface area contributed by atoms with Crippen LogP contribution in [0.1, 0.15) is 165 Å². The number of carbonyl (C=O) groups excluding carboxylic acids is 9. The molecule has 33 heteroatoms. The second kappa shape index (κ2) is 35.1. The zero-order valence-electron chi connectivity index (χ0n) is 63.0. The highest BCUT2D eigenvalue weighted by atomic mass is 32.2. The Kier molecular flexibility index (Phi) is 26.4. The number of ether oxygens (including phenoxy) is 4. The number of carboxylic acid groups (broad SMARTS) is 1. The Balaban J connectivity index is 0.000000210. The summed E-state index contributed by atoms with van der Waals surface area (Å²) in [5.74, 6) is -6.97. The lowest BCUT2D eigenvalue weighted by Gasteiger charge is -2.30. The highest BCUT2D eigenvalue weighted by Gasteiger charge is 2.63. The molecular formula is C78H98F2N10O19S2. The first-order valence-corrected chi connectivity index (χ1v) is 40.6. The van der Waals surface area contributed by atoms with Gasteiger partial charge in [0.05, 0.1) is 37.7 Å². The minimum absolute atomic E-state index is 0.0122. The quantitative estimate of drug-likeness (QED) is 0.0548. The van der Waals surface area contributed by atoms with Crippen molar-refractivity contribution in [1.82, 2.24) is 45.6 Å². The molecule has 0 unspecified atom stereocenters. The predicted octanol–water partition coefficient (Wildman–Crippen LogP) is 8.28. The van der Waals surface area contributed by atoms with Crippen molar-refractivity contribution in [3.8, 4) is 0 Å². The maximum atomic E-state index is 14.5. The van der Waals surface area contributed by atoms with Gasteiger partial charge in [0.2, 0.25) is 43.7 Å². The Morgan fingerprint density at radius 2 is 0.973 bits per heavy atom. The average Bonchev–Trinajstić information content (AvgIpc) is 1.46. The minimum atomic E-state index is -4.17. The molecule has 2 aliphatic carbocycles. The van der Waals surface area contributed by atoms with Gasteiger partial charge in [-0.3, -0.25) is 38.5 Å². The molecule has 2 saturated carbocycles. The van der Waals surface area contributed by atoms with Crippen molar-refractivity contribution in [2.45, 2.75) is 228 Å². The van der Waals surface area contributed by atoms with Crippen molar-refractivity contribution in [1.29, 1.82) is 0 Å². The van der Waals surface area contributed by atoms with Crippen molar-refractivity contribution >= 4 is 79.9 Å². The molecule has 8 N–H and O–H groups in total. The highest BCUT2D eigenvalue weighted by molar-refractivity contribution is 7.89. The molecule has 9 amide bonds. The molecule has 600 valence electrons. The summed E-state index contributed by atoms with van der Waals surface area (Å²) in [5, 5.41) is 25.7. The number of alkyl carbamates (subject to hydrolysis) is 2. The summed E-state index contributed by atoms with van der Waals surface area (Å²) < 4.78 is 101. The van der Waals surface area contributed by atoms with Gasteiger partial charge in [-0.2, -0.15) is 0 Å². The number of carbonyl (C=O) groups is 10. The van der Waals surface area contributed by atoms with Crippen LogP contribution in [0.2, 0.25) is 0 Å². The monoisotopic (exact) mass is 1580 g/mol. The third-order valence-corrected chi connectivity index (χ3v) is 22.2. The van der Waals surface area contributed by atoms with Crippen LogP contribution in [0.25, 0.3) is 0 Å². The number of halogens is 2. The summed E-state index contributed by atoms with van der Waals surface area (Å²) in [4.78, 5) is 140. The second-order valence-electron chi connectivity index (χ2n) is 31.3. The van der Waals surface area contributed by atoms with Crippen LogP contribution >= 0.6 is 0 Å². The molecule has 6 aliphatic heterocycles. The van der Waals surface area contributed by atoms with E-state index in [4.69, 9.17) is 24.1 Å². The van der Waals surface area contributed by atoms with Crippen LogP contribution in [0.15, 0.2) is 121 Å². The number of hydrogen-bond acceptors (Lipinski definition) is 18. The Morgan fingerprint density at radius 1 is 0.559 bits per heavy atom. The van der Waals surface area contributed by atoms with E-state index < -0.39 is 162 Å². The number of amides is 9. The number of sulfonamides is 2. The van der Waals surface area contributed by atoms with Crippen molar-refractivity contribution in [3.05, 3.63) is 166 Å². The standard InChI is InChI=1S/C39H48FN5O9S.C32H41FN4O8.C7H9NO2S/c1-38(2,3)54-36(49)41-31-18-11-6-4-5-10-16-27-20-39(27,35(48)43-55(51,52)24-25-13-8-7-9-14-25)42-33(46)32-19-28(22-45(32)34(31)47)53-37(50)44-21-26-15-12-17-30(40)29(26)23-44;1-31(2,3)45-29(42)34-24-13-8-6-4-5-7-11-20-15-32(20,28(40)41)35-26(38)25-14-21(17-37(25)27(24)39)44-30(43)36-16-19-10-9-12-23(33)22(19)18-36;8-11(9,10)6-7-4-2-1-3-5-7/h7-10,12-17,27-28,31-32H,4-6,11,18-24H2,1-3H3,(H,41,49)(H,42,46)(H,43,48);7,9-12,20-21,24-25H,4-6,8,13-18H2,1-3H3,(H,34,42)(H,35,38)(H,40,41);1-5H,6H2,(H2,8,9,10)/b16-10-;11-7-;/t27-,28-,31+,32+,39-;20-,21-,24+,25+,32-;/m11./s1. The van der Waals surface area contributed by atoms with Crippen LogP contribution in [-0.2, 0) is 105 Å². The molecule has 111 heavy (non-hydrogen) atoms. The van der Waals surface area contributed by atoms with Crippen molar-refractivity contribution in [2.75, 3.05) is 13.1 Å². The molecule has 0 radical (unpaired) electrons. The zero-order chi connectivity index (χ0) is 80.4. The van der Waals surface area contributed by atoms with Gasteiger partial charge in [0.15, 0.2) is 0 Å². The number of fused-ring (bicyclic) bond motifs is 6. The van der Waals surface area contributed by atoms with E-state index in [2.05, 4.69) is 26.0 Å². The van der Waals surface area contributed by atoms with Crippen molar-refractivity contribution in [3.63, 3.8) is 0 Å². The SMILES string of the molecule is CC(C)(C)OC(=O)N[C@H]1CCCCC/C=C\[C@@H]2C[C@@]2(C(=O)NS(=O)(=O)Cc2ccccc2)NC(=O)[C@@H]2C[C@@H](OC(=O)N3Cc4cccc(F)c4C3)CN2C1=O.CC(C)(C)OC(=O)N[C@H]1CCCCC/C=C\[C@@H]2C[C@@]2(C(=O)O)NC(=O)[C@@H]2C[C@@H](OC(=O)N3Cc4cccc(F)c4C3)CN2C1=O.NS(=O)(=O)Cc1ccccc1. The van der Waals surface area contributed by atoms with Crippen LogP contribution in [0.5, 0.6) is 0 Å². The molecule has 4 aromatic rings. The molecule has 0 spiro atoms. The lowest BCUT2D eigenvalue weighted by Crippen LogP contribution is -2.58. The number of rotatable bonds is 11. The van der Waals surface area contributed by atoms with Crippen LogP contribution < -0.4 is 31.1 Å². The number of nitrogens with zero attached hydrogens (tertiary/aromatic N) is 4. The van der Waals surface area contributed by atoms with Gasteiger partial charge in [0.1, 0.15) is 70.3 Å². The number of carboxylic acids is 1. The lowest BCUT2D eigenvalue weighted by molar-refractivity contribution is -0.145. The van der Waals surface area contributed by atoms with Gasteiger partial charge >= 0.3 is 30.3 Å². The van der Waals surface area contributed by atoms with Gasteiger partial charge in [-0.05, 0) is 127 Å². The van der Waals surface area contributed by atoms with E-state index in [0.717, 1.165) is 31.2 Å². The van der Waals surface area contributed by atoms with Gasteiger partial charge in [-0.25, -0.2) is 54.7 Å². The number of nitrogens with one attached hydrogen (secondary N) is 5. The Morgan fingerprint density at radius 3 is 1.39 bits per heavy atom. The minimum Gasteiger partial charge on any atom is -0.479 e. The van der Waals surface area contributed by atoms with Gasteiger partial charge in [-0.15, -0.1) is 0 Å². The molecule has 2 saturated heterocycles. The van der Waals surface area contributed by atoms with E-state index >= 15 is 0 Å². The smallest absolute Gasteiger partial charge is 0.410 e. The van der Waals surface area contributed by atoms with Crippen LogP contribution in [0.4, 0.5) is 28.0 Å². The van der Waals surface area contributed by atoms with Gasteiger partial charge in [-0.1, -0.05) is 135 Å². The number of nitrogens with two attached hydrogens (primary N) is 1. The third kappa shape index (κ3) is 22.4. The van der Waals surface area contributed by atoms with E-state index in [1.54, 1.807) is 126 Å². The second-order valence-corrected chi connectivity index (χ2v) is 34.6. The van der Waals surface area contributed by atoms with Gasteiger partial charge < -0.3 is 55.1 Å². The van der Waals surface area contributed by atoms with E-state index in [1.165, 1.54) is 31.7 Å². The molecule has 8 aliphatic rings. The first-order valence-electron chi connectivity index (χ1n) is 37.3. The summed E-state index contributed by atoms with van der Waals surface area (Å²) in [6.45, 7) is 10.1. The number of hydrogen-bond donors (Lipinski definition) is 7. The molecule has 29 nitrogen and oxygen atoms in total. The molecule has 0 aromatic heterocycles. The Labute approximate surface area is 644 Å². The Hall–Kier alpha value is -10.0. The van der Waals surface area contributed by atoms with Gasteiger partial charge in [0.25, 0.3) is 5.91 Å². The summed E-state index contributed by atoms with van der Waals surface area (Å²) in [6.07, 6.45) is 8.66. The molecule has 10 atom stereocenters. The lowest BCUT2D eigenvalue weighted by atomic mass is 10.0. The summed E-state index contributed by atoms with van der Waals surface area (Å²) >= 11 is 0. The normalized spacial score (nSPS) is 26.0. The fourth-order valence-electron chi connectivity index (χ4n) is 14.5. The van der Waals surface area contributed by atoms with Crippen molar-refractivity contribution in [2.24, 2.45) is 17.0 Å². The molecule has 12 rings (SSSR count). The molecule has 0 bridgehead atoms. The Bertz CT molecular complexity index is 4450. The summed E-state index contributed by atoms with van der Waals surface area (Å²) in [6, 6.07) is 21.9. The van der Waals surface area contributed by atoms with E-state index in [-0.39, 0.29) is 89.5 Å².